The molecule has 2 heterocycles. The van der Waals surface area contributed by atoms with Gasteiger partial charge in [0.15, 0.2) is 0 Å². The van der Waals surface area contributed by atoms with E-state index in [1.165, 1.54) is 16.9 Å². The number of ether oxygens (including phenoxy) is 1. The number of thioether (sulfide) groups is 1. The summed E-state index contributed by atoms with van der Waals surface area (Å²) in [6.07, 6.45) is 4.32. The number of hydrogen-bond donors (Lipinski definition) is 0. The lowest BCUT2D eigenvalue weighted by atomic mass is 9.48. The maximum atomic E-state index is 12.7. The molecule has 3 nitrogen and oxygen atoms in total. The minimum absolute atomic E-state index is 0.0129. The summed E-state index contributed by atoms with van der Waals surface area (Å²) in [4.78, 5) is 16.6. The first kappa shape index (κ1) is 20.1. The van der Waals surface area contributed by atoms with Crippen molar-refractivity contribution < 1.29 is 9.53 Å². The zero-order valence-electron chi connectivity index (χ0n) is 17.9. The number of likely N-dealkylation sites (N-methyl/N-ethyl adjacent to an activating group) is 1. The monoisotopic (exact) mass is 421 g/mol. The molecule has 2 aromatic rings. The van der Waals surface area contributed by atoms with E-state index in [2.05, 4.69) is 66.5 Å². The summed E-state index contributed by atoms with van der Waals surface area (Å²) in [6.45, 7) is 2.39. The van der Waals surface area contributed by atoms with E-state index in [1.54, 1.807) is 5.56 Å². The van der Waals surface area contributed by atoms with E-state index in [4.69, 9.17) is 4.74 Å². The number of nitrogens with zero attached hydrogens (tertiary/aromatic N) is 1. The second-order valence-electron chi connectivity index (χ2n) is 9.13. The van der Waals surface area contributed by atoms with E-state index in [0.717, 1.165) is 25.0 Å². The standard InChI is InChI=1S/C26H31NO2S/c1-3-29-25(28)20-16-22-23-15-18-9-7-8-12-21(18)26(22,17-24(20)27(23)2)13-14-30-19-10-5-4-6-11-19/h4-12,20,22-24H,3,13-17H2,1-2H3. The SMILES string of the molecule is CCOC(=O)C1CC2C3Cc4ccccc4C2(CCSc2ccccc2)CC1N3C. The molecule has 0 radical (unpaired) electrons. The van der Waals surface area contributed by atoms with Crippen LogP contribution >= 0.6 is 11.8 Å². The largest absolute Gasteiger partial charge is 0.466 e. The third-order valence-electron chi connectivity index (χ3n) is 7.90. The van der Waals surface area contributed by atoms with Crippen LogP contribution in [-0.2, 0) is 21.4 Å². The van der Waals surface area contributed by atoms with Crippen molar-refractivity contribution in [3.8, 4) is 0 Å². The Morgan fingerprint density at radius 3 is 2.70 bits per heavy atom. The Morgan fingerprint density at radius 1 is 1.13 bits per heavy atom. The van der Waals surface area contributed by atoms with Crippen LogP contribution < -0.4 is 0 Å². The Morgan fingerprint density at radius 2 is 1.90 bits per heavy atom. The van der Waals surface area contributed by atoms with Crippen LogP contribution in [0.2, 0.25) is 0 Å². The molecule has 5 atom stereocenters. The summed E-state index contributed by atoms with van der Waals surface area (Å²) < 4.78 is 5.48. The fourth-order valence-electron chi connectivity index (χ4n) is 6.60. The predicted molar refractivity (Wildman–Crippen MR) is 122 cm³/mol. The van der Waals surface area contributed by atoms with Crippen LogP contribution in [0.4, 0.5) is 0 Å². The van der Waals surface area contributed by atoms with Crippen molar-refractivity contribution in [3.63, 3.8) is 0 Å². The van der Waals surface area contributed by atoms with Gasteiger partial charge < -0.3 is 4.74 Å². The number of piperidine rings is 2. The lowest BCUT2D eigenvalue weighted by Gasteiger charge is -2.64. The Bertz CT molecular complexity index is 916. The summed E-state index contributed by atoms with van der Waals surface area (Å²) in [5.41, 5.74) is 3.25. The van der Waals surface area contributed by atoms with Crippen molar-refractivity contribution in [1.29, 1.82) is 0 Å². The second-order valence-corrected chi connectivity index (χ2v) is 10.3. The summed E-state index contributed by atoms with van der Waals surface area (Å²) in [7, 11) is 2.24. The Labute approximate surface area is 184 Å². The quantitative estimate of drug-likeness (QED) is 0.488. The molecule has 5 unspecified atom stereocenters. The molecule has 2 aliphatic carbocycles. The molecule has 0 aromatic heterocycles. The lowest BCUT2D eigenvalue weighted by Crippen LogP contribution is -2.69. The van der Waals surface area contributed by atoms with Gasteiger partial charge in [0.1, 0.15) is 0 Å². The zero-order valence-corrected chi connectivity index (χ0v) is 18.7. The minimum Gasteiger partial charge on any atom is -0.466 e. The smallest absolute Gasteiger partial charge is 0.310 e. The van der Waals surface area contributed by atoms with Gasteiger partial charge in [-0.15, -0.1) is 11.8 Å². The average Bonchev–Trinajstić information content (AvgIpc) is 2.77. The first-order valence-corrected chi connectivity index (χ1v) is 12.3. The Balaban J connectivity index is 1.46. The van der Waals surface area contributed by atoms with Crippen LogP contribution in [0.15, 0.2) is 59.5 Å². The Kier molecular flexibility index (Phi) is 5.40. The van der Waals surface area contributed by atoms with Crippen molar-refractivity contribution in [1.82, 2.24) is 4.90 Å². The van der Waals surface area contributed by atoms with Gasteiger partial charge in [0.25, 0.3) is 0 Å². The van der Waals surface area contributed by atoms with Gasteiger partial charge in [0, 0.05) is 22.4 Å². The van der Waals surface area contributed by atoms with Crippen molar-refractivity contribution in [3.05, 3.63) is 65.7 Å². The van der Waals surface area contributed by atoms with Gasteiger partial charge in [-0.25, -0.2) is 0 Å². The minimum atomic E-state index is 0.0129. The molecule has 1 saturated carbocycles. The van der Waals surface area contributed by atoms with Gasteiger partial charge in [0.2, 0.25) is 0 Å². The Hall–Kier alpha value is -1.78. The van der Waals surface area contributed by atoms with E-state index < -0.39 is 0 Å². The maximum Gasteiger partial charge on any atom is 0.310 e. The summed E-state index contributed by atoms with van der Waals surface area (Å²) in [6, 6.07) is 20.6. The summed E-state index contributed by atoms with van der Waals surface area (Å²) in [5, 5.41) is 0. The van der Waals surface area contributed by atoms with Crippen molar-refractivity contribution in [2.45, 2.75) is 55.0 Å². The fraction of sp³-hybridized carbons (Fsp3) is 0.500. The van der Waals surface area contributed by atoms with Crippen LogP contribution in [0.5, 0.6) is 0 Å². The van der Waals surface area contributed by atoms with Crippen molar-refractivity contribution in [2.24, 2.45) is 11.8 Å². The molecule has 0 amide bonds. The zero-order chi connectivity index (χ0) is 20.7. The van der Waals surface area contributed by atoms with Gasteiger partial charge in [-0.3, -0.25) is 9.69 Å². The number of esters is 1. The van der Waals surface area contributed by atoms with Gasteiger partial charge in [-0.1, -0.05) is 42.5 Å². The summed E-state index contributed by atoms with van der Waals surface area (Å²) in [5.74, 6) is 1.67. The summed E-state index contributed by atoms with van der Waals surface area (Å²) >= 11 is 1.97. The highest BCUT2D eigenvalue weighted by Crippen LogP contribution is 2.59. The number of carbonyl (C=O) groups is 1. The molecular formula is C26H31NO2S. The fourth-order valence-corrected chi connectivity index (χ4v) is 7.66. The number of hydrogen-bond acceptors (Lipinski definition) is 4. The average molecular weight is 422 g/mol. The highest BCUT2D eigenvalue weighted by Gasteiger charge is 2.61. The third-order valence-corrected chi connectivity index (χ3v) is 8.91. The molecule has 2 aliphatic heterocycles. The van der Waals surface area contributed by atoms with Crippen LogP contribution in [0.25, 0.3) is 0 Å². The van der Waals surface area contributed by atoms with E-state index in [9.17, 15) is 4.79 Å². The van der Waals surface area contributed by atoms with E-state index >= 15 is 0 Å². The van der Waals surface area contributed by atoms with Crippen molar-refractivity contribution >= 4 is 17.7 Å². The molecule has 4 bridgehead atoms. The molecule has 6 rings (SSSR count). The first-order chi connectivity index (χ1) is 14.6. The molecule has 0 spiro atoms. The molecular weight excluding hydrogens is 390 g/mol. The molecule has 3 fully saturated rings. The van der Waals surface area contributed by atoms with Crippen LogP contribution in [0, 0.1) is 11.8 Å². The number of fused-ring (bicyclic) bond motifs is 2. The van der Waals surface area contributed by atoms with Gasteiger partial charge in [-0.2, -0.15) is 0 Å². The molecule has 2 aromatic carbocycles. The van der Waals surface area contributed by atoms with E-state index in [0.29, 0.717) is 18.6 Å². The third kappa shape index (κ3) is 3.20. The van der Waals surface area contributed by atoms with Crippen LogP contribution in [-0.4, -0.2) is 42.4 Å². The maximum absolute atomic E-state index is 12.7. The van der Waals surface area contributed by atoms with E-state index in [-0.39, 0.29) is 23.3 Å². The second kappa shape index (κ2) is 8.05. The van der Waals surface area contributed by atoms with E-state index in [1.807, 2.05) is 18.7 Å². The topological polar surface area (TPSA) is 29.5 Å². The van der Waals surface area contributed by atoms with Crippen LogP contribution in [0.1, 0.15) is 37.3 Å². The number of carbonyl (C=O) groups excluding carboxylic acids is 1. The molecule has 158 valence electrons. The normalized spacial score (nSPS) is 31.9. The number of benzene rings is 2. The molecule has 4 aliphatic rings. The van der Waals surface area contributed by atoms with Gasteiger partial charge in [0.05, 0.1) is 12.5 Å². The van der Waals surface area contributed by atoms with Crippen molar-refractivity contribution in [2.75, 3.05) is 19.4 Å². The highest BCUT2D eigenvalue weighted by atomic mass is 32.2. The molecule has 30 heavy (non-hydrogen) atoms. The van der Waals surface area contributed by atoms with Gasteiger partial charge >= 0.3 is 5.97 Å². The van der Waals surface area contributed by atoms with Gasteiger partial charge in [-0.05, 0) is 74.6 Å². The molecule has 2 saturated heterocycles. The molecule has 4 heteroatoms. The number of rotatable bonds is 6. The van der Waals surface area contributed by atoms with Crippen LogP contribution in [0.3, 0.4) is 0 Å². The highest BCUT2D eigenvalue weighted by molar-refractivity contribution is 7.99. The molecule has 0 N–H and O–H groups in total. The first-order valence-electron chi connectivity index (χ1n) is 11.3. The predicted octanol–water partition coefficient (Wildman–Crippen LogP) is 4.93. The lowest BCUT2D eigenvalue weighted by molar-refractivity contribution is -0.165.